The second-order valence-electron chi connectivity index (χ2n) is 3.70. The third-order valence-electron chi connectivity index (χ3n) is 2.41. The molecule has 0 aliphatic carbocycles. The van der Waals surface area contributed by atoms with Crippen molar-refractivity contribution in [2.45, 2.75) is 13.8 Å². The molecule has 0 spiro atoms. The van der Waals surface area contributed by atoms with Gasteiger partial charge in [-0.15, -0.1) is 11.3 Å². The number of hydrogen-bond acceptors (Lipinski definition) is 3. The topological polar surface area (TPSA) is 50.2 Å². The molecule has 3 nitrogen and oxygen atoms in total. The Morgan fingerprint density at radius 3 is 2.65 bits per heavy atom. The van der Waals surface area contributed by atoms with Gasteiger partial charge in [0.25, 0.3) is 0 Å². The van der Waals surface area contributed by atoms with Crippen molar-refractivity contribution < 1.29 is 9.90 Å². The Bertz CT molecular complexity index is 592. The van der Waals surface area contributed by atoms with Crippen molar-refractivity contribution in [3.8, 4) is 10.6 Å². The van der Waals surface area contributed by atoms with Crippen molar-refractivity contribution in [3.05, 3.63) is 38.8 Å². The van der Waals surface area contributed by atoms with E-state index in [4.69, 9.17) is 5.11 Å². The molecule has 0 unspecified atom stereocenters. The Hall–Kier alpha value is -1.20. The number of aryl methyl sites for hydroxylation is 2. The molecule has 1 aromatic carbocycles. The van der Waals surface area contributed by atoms with Gasteiger partial charge in [-0.25, -0.2) is 9.78 Å². The summed E-state index contributed by atoms with van der Waals surface area (Å²) in [5.74, 6) is -0.916. The highest BCUT2D eigenvalue weighted by atomic mass is 79.9. The molecule has 2 rings (SSSR count). The van der Waals surface area contributed by atoms with Gasteiger partial charge < -0.3 is 5.11 Å². The first-order chi connectivity index (χ1) is 7.99. The maximum atomic E-state index is 11.0. The molecule has 5 heteroatoms. The molecule has 0 atom stereocenters. The largest absolute Gasteiger partial charge is 0.477 e. The van der Waals surface area contributed by atoms with Crippen LogP contribution >= 0.6 is 27.3 Å². The summed E-state index contributed by atoms with van der Waals surface area (Å²) in [6, 6.07) is 5.87. The van der Waals surface area contributed by atoms with Gasteiger partial charge in [0.05, 0.1) is 5.69 Å². The van der Waals surface area contributed by atoms with Crippen LogP contribution in [0.1, 0.15) is 20.9 Å². The van der Waals surface area contributed by atoms with Gasteiger partial charge >= 0.3 is 5.97 Å². The third-order valence-corrected chi connectivity index (χ3v) is 4.08. The monoisotopic (exact) mass is 311 g/mol. The molecule has 0 fully saturated rings. The number of rotatable bonds is 2. The molecule has 88 valence electrons. The molecule has 1 aromatic heterocycles. The van der Waals surface area contributed by atoms with Crippen molar-refractivity contribution in [3.63, 3.8) is 0 Å². The number of thiazole rings is 1. The highest BCUT2D eigenvalue weighted by Gasteiger charge is 2.15. The molecule has 1 heterocycles. The highest BCUT2D eigenvalue weighted by Crippen LogP contribution is 2.31. The Kier molecular flexibility index (Phi) is 3.31. The first-order valence-electron chi connectivity index (χ1n) is 4.96. The van der Waals surface area contributed by atoms with Crippen molar-refractivity contribution >= 4 is 33.2 Å². The summed E-state index contributed by atoms with van der Waals surface area (Å²) in [6.45, 7) is 3.70. The van der Waals surface area contributed by atoms with Gasteiger partial charge in [-0.3, -0.25) is 0 Å². The second-order valence-corrected chi connectivity index (χ2v) is 5.61. The summed E-state index contributed by atoms with van der Waals surface area (Å²) in [5.41, 5.74) is 2.62. The summed E-state index contributed by atoms with van der Waals surface area (Å²) in [7, 11) is 0. The number of aromatic nitrogens is 1. The van der Waals surface area contributed by atoms with Gasteiger partial charge in [0.1, 0.15) is 9.88 Å². The first-order valence-corrected chi connectivity index (χ1v) is 6.57. The summed E-state index contributed by atoms with van der Waals surface area (Å²) in [6.07, 6.45) is 0. The normalized spacial score (nSPS) is 10.5. The summed E-state index contributed by atoms with van der Waals surface area (Å²) >= 11 is 4.62. The number of hydrogen-bond donors (Lipinski definition) is 1. The Morgan fingerprint density at radius 1 is 1.41 bits per heavy atom. The maximum Gasteiger partial charge on any atom is 0.347 e. The van der Waals surface area contributed by atoms with Crippen LogP contribution in [0.2, 0.25) is 0 Å². The summed E-state index contributed by atoms with van der Waals surface area (Å²) < 4.78 is 1.01. The lowest BCUT2D eigenvalue weighted by molar-refractivity contribution is 0.0701. The highest BCUT2D eigenvalue weighted by molar-refractivity contribution is 9.10. The van der Waals surface area contributed by atoms with Crippen molar-refractivity contribution in [1.82, 2.24) is 4.98 Å². The Morgan fingerprint density at radius 2 is 2.12 bits per heavy atom. The van der Waals surface area contributed by atoms with E-state index < -0.39 is 5.97 Å². The number of carboxylic acid groups (broad SMARTS) is 1. The molecule has 0 saturated carbocycles. The van der Waals surface area contributed by atoms with Gasteiger partial charge in [0.15, 0.2) is 0 Å². The van der Waals surface area contributed by atoms with E-state index in [1.54, 1.807) is 6.92 Å². The first kappa shape index (κ1) is 12.3. The van der Waals surface area contributed by atoms with Crippen LogP contribution < -0.4 is 0 Å². The number of halogens is 1. The van der Waals surface area contributed by atoms with Crippen LogP contribution in [0, 0.1) is 13.8 Å². The molecule has 0 aliphatic heterocycles. The summed E-state index contributed by atoms with van der Waals surface area (Å²) in [5, 5.41) is 9.76. The SMILES string of the molecule is Cc1cc(Br)ccc1-c1nc(C)c(C(=O)O)s1. The lowest BCUT2D eigenvalue weighted by Gasteiger charge is -2.02. The number of nitrogens with zero attached hydrogens (tertiary/aromatic N) is 1. The Labute approximate surface area is 111 Å². The van der Waals surface area contributed by atoms with E-state index in [1.165, 1.54) is 11.3 Å². The second kappa shape index (κ2) is 4.58. The minimum absolute atomic E-state index is 0.308. The molecule has 0 radical (unpaired) electrons. The van der Waals surface area contributed by atoms with E-state index in [9.17, 15) is 4.79 Å². The molecule has 0 aliphatic rings. The average Bonchev–Trinajstić information content (AvgIpc) is 2.60. The van der Waals surface area contributed by atoms with Crippen molar-refractivity contribution in [1.29, 1.82) is 0 Å². The van der Waals surface area contributed by atoms with Gasteiger partial charge in [-0.2, -0.15) is 0 Å². The minimum Gasteiger partial charge on any atom is -0.477 e. The van der Waals surface area contributed by atoms with Crippen LogP contribution in [-0.2, 0) is 0 Å². The number of carbonyl (C=O) groups is 1. The molecule has 2 aromatic rings. The molecule has 0 bridgehead atoms. The molecular weight excluding hydrogens is 302 g/mol. The van der Waals surface area contributed by atoms with Crippen LogP contribution in [0.5, 0.6) is 0 Å². The van der Waals surface area contributed by atoms with E-state index in [1.807, 2.05) is 25.1 Å². The number of aromatic carboxylic acids is 1. The molecular formula is C12H10BrNO2S. The molecule has 0 amide bonds. The fourth-order valence-corrected chi connectivity index (χ4v) is 3.05. The predicted octanol–water partition coefficient (Wildman–Crippen LogP) is 3.89. The fourth-order valence-electron chi connectivity index (χ4n) is 1.58. The van der Waals surface area contributed by atoms with Crippen molar-refractivity contribution in [2.24, 2.45) is 0 Å². The van der Waals surface area contributed by atoms with E-state index in [-0.39, 0.29) is 0 Å². The van der Waals surface area contributed by atoms with Crippen LogP contribution in [0.25, 0.3) is 10.6 Å². The molecule has 0 saturated heterocycles. The van der Waals surface area contributed by atoms with Crippen LogP contribution in [0.4, 0.5) is 0 Å². The van der Waals surface area contributed by atoms with E-state index in [2.05, 4.69) is 20.9 Å². The summed E-state index contributed by atoms with van der Waals surface area (Å²) in [4.78, 5) is 15.6. The lowest BCUT2D eigenvalue weighted by Crippen LogP contribution is -1.94. The zero-order valence-corrected chi connectivity index (χ0v) is 11.7. The van der Waals surface area contributed by atoms with Crippen LogP contribution in [-0.4, -0.2) is 16.1 Å². The lowest BCUT2D eigenvalue weighted by atomic mass is 10.1. The van der Waals surface area contributed by atoms with E-state index >= 15 is 0 Å². The molecule has 1 N–H and O–H groups in total. The fraction of sp³-hybridized carbons (Fsp3) is 0.167. The predicted molar refractivity (Wildman–Crippen MR) is 71.7 cm³/mol. The zero-order valence-electron chi connectivity index (χ0n) is 9.32. The third kappa shape index (κ3) is 2.40. The van der Waals surface area contributed by atoms with Gasteiger partial charge in [0, 0.05) is 10.0 Å². The van der Waals surface area contributed by atoms with Crippen LogP contribution in [0.15, 0.2) is 22.7 Å². The standard InChI is InChI=1S/C12H10BrNO2S/c1-6-5-8(13)3-4-9(6)11-14-7(2)10(17-11)12(15)16/h3-5H,1-2H3,(H,15,16). The van der Waals surface area contributed by atoms with Gasteiger partial charge in [0.2, 0.25) is 0 Å². The molecule has 17 heavy (non-hydrogen) atoms. The van der Waals surface area contributed by atoms with Gasteiger partial charge in [-0.1, -0.05) is 22.0 Å². The average molecular weight is 312 g/mol. The quantitative estimate of drug-likeness (QED) is 0.915. The number of carboxylic acids is 1. The smallest absolute Gasteiger partial charge is 0.347 e. The Balaban J connectivity index is 2.53. The minimum atomic E-state index is -0.916. The maximum absolute atomic E-state index is 11.0. The van der Waals surface area contributed by atoms with Crippen molar-refractivity contribution in [2.75, 3.05) is 0 Å². The van der Waals surface area contributed by atoms with E-state index in [0.29, 0.717) is 10.6 Å². The number of benzene rings is 1. The van der Waals surface area contributed by atoms with Crippen LogP contribution in [0.3, 0.4) is 0 Å². The van der Waals surface area contributed by atoms with Gasteiger partial charge in [-0.05, 0) is 31.5 Å². The zero-order chi connectivity index (χ0) is 12.6. The van der Waals surface area contributed by atoms with E-state index in [0.717, 1.165) is 20.6 Å².